The smallest absolute Gasteiger partial charge is 0.407 e. The molecular weight excluding hydrogens is 356 g/mol. The standard InChI is InChI=1S/C20H19F2NO4/c1-26-19(24)18-16(21)11-15(12-17(18)22)9-5-6-10-23-20(25)27-13-14-7-3-2-4-8-14/h2-5,7-9,11-12H,6,10,13H2,1H3,(H,23,25). The van der Waals surface area contributed by atoms with E-state index in [1.54, 1.807) is 6.08 Å². The van der Waals surface area contributed by atoms with Crippen molar-refractivity contribution in [1.82, 2.24) is 5.32 Å². The number of halogens is 2. The Hall–Kier alpha value is -3.22. The van der Waals surface area contributed by atoms with Crippen LogP contribution >= 0.6 is 0 Å². The van der Waals surface area contributed by atoms with Crippen molar-refractivity contribution in [3.05, 3.63) is 76.9 Å². The number of hydrogen-bond donors (Lipinski definition) is 1. The van der Waals surface area contributed by atoms with Crippen LogP contribution in [0, 0.1) is 11.6 Å². The predicted octanol–water partition coefficient (Wildman–Crippen LogP) is 4.08. The number of hydrogen-bond acceptors (Lipinski definition) is 4. The SMILES string of the molecule is COC(=O)c1c(F)cc(C=CCCNC(=O)OCc2ccccc2)cc1F. The average molecular weight is 375 g/mol. The van der Waals surface area contributed by atoms with Crippen LogP contribution in [0.15, 0.2) is 48.5 Å². The number of amides is 1. The van der Waals surface area contributed by atoms with Crippen LogP contribution in [-0.2, 0) is 16.1 Å². The Labute approximate surface area is 155 Å². The summed E-state index contributed by atoms with van der Waals surface area (Å²) in [4.78, 5) is 22.9. The monoisotopic (exact) mass is 375 g/mol. The lowest BCUT2D eigenvalue weighted by Gasteiger charge is -2.06. The lowest BCUT2D eigenvalue weighted by atomic mass is 10.1. The third-order valence-electron chi connectivity index (χ3n) is 3.56. The van der Waals surface area contributed by atoms with Gasteiger partial charge in [0.25, 0.3) is 0 Å². The zero-order valence-electron chi connectivity index (χ0n) is 14.7. The third-order valence-corrected chi connectivity index (χ3v) is 3.56. The molecule has 27 heavy (non-hydrogen) atoms. The Balaban J connectivity index is 1.77. The van der Waals surface area contributed by atoms with Gasteiger partial charge in [-0.1, -0.05) is 42.5 Å². The molecule has 0 saturated heterocycles. The molecule has 2 aromatic carbocycles. The van der Waals surface area contributed by atoms with Crippen LogP contribution in [-0.4, -0.2) is 25.7 Å². The van der Waals surface area contributed by atoms with Crippen LogP contribution < -0.4 is 5.32 Å². The molecule has 0 aliphatic carbocycles. The molecule has 0 atom stereocenters. The highest BCUT2D eigenvalue weighted by Crippen LogP contribution is 2.17. The van der Waals surface area contributed by atoms with Gasteiger partial charge in [0.2, 0.25) is 0 Å². The maximum absolute atomic E-state index is 13.8. The summed E-state index contributed by atoms with van der Waals surface area (Å²) in [5.74, 6) is -3.06. The molecule has 0 aliphatic heterocycles. The number of alkyl carbamates (subject to hydrolysis) is 1. The van der Waals surface area contributed by atoms with Gasteiger partial charge in [-0.15, -0.1) is 0 Å². The fraction of sp³-hybridized carbons (Fsp3) is 0.200. The van der Waals surface area contributed by atoms with Gasteiger partial charge in [-0.25, -0.2) is 18.4 Å². The Morgan fingerprint density at radius 3 is 2.41 bits per heavy atom. The minimum absolute atomic E-state index is 0.174. The molecule has 1 N–H and O–H groups in total. The number of carbonyl (C=O) groups excluding carboxylic acids is 2. The van der Waals surface area contributed by atoms with Gasteiger partial charge in [-0.2, -0.15) is 0 Å². The summed E-state index contributed by atoms with van der Waals surface area (Å²) in [5.41, 5.74) is 0.411. The van der Waals surface area contributed by atoms with E-state index in [2.05, 4.69) is 10.1 Å². The zero-order valence-corrected chi connectivity index (χ0v) is 14.7. The quantitative estimate of drug-likeness (QED) is 0.585. The summed E-state index contributed by atoms with van der Waals surface area (Å²) in [6, 6.07) is 11.3. The fourth-order valence-corrected chi connectivity index (χ4v) is 2.24. The highest BCUT2D eigenvalue weighted by Gasteiger charge is 2.18. The Bertz CT molecular complexity index is 799. The van der Waals surface area contributed by atoms with Crippen LogP contribution in [0.1, 0.15) is 27.9 Å². The zero-order chi connectivity index (χ0) is 19.6. The first kappa shape index (κ1) is 20.1. The summed E-state index contributed by atoms with van der Waals surface area (Å²) in [6.07, 6.45) is 3.02. The van der Waals surface area contributed by atoms with Crippen LogP contribution in [0.25, 0.3) is 6.08 Å². The molecule has 0 aliphatic rings. The van der Waals surface area contributed by atoms with Crippen LogP contribution in [0.3, 0.4) is 0 Å². The number of methoxy groups -OCH3 is 1. The van der Waals surface area contributed by atoms with Crippen LogP contribution in [0.4, 0.5) is 13.6 Å². The first-order valence-electron chi connectivity index (χ1n) is 8.19. The molecule has 1 amide bonds. The van der Waals surface area contributed by atoms with Crippen molar-refractivity contribution in [2.45, 2.75) is 13.0 Å². The second-order valence-electron chi connectivity index (χ2n) is 5.53. The summed E-state index contributed by atoms with van der Waals surface area (Å²) >= 11 is 0. The van der Waals surface area contributed by atoms with E-state index in [-0.39, 0.29) is 12.2 Å². The van der Waals surface area contributed by atoms with E-state index in [1.807, 2.05) is 30.3 Å². The maximum atomic E-state index is 13.8. The molecule has 0 heterocycles. The summed E-state index contributed by atoms with van der Waals surface area (Å²) in [5, 5.41) is 2.57. The van der Waals surface area contributed by atoms with E-state index >= 15 is 0 Å². The summed E-state index contributed by atoms with van der Waals surface area (Å²) in [6.45, 7) is 0.475. The normalized spacial score (nSPS) is 10.6. The van der Waals surface area contributed by atoms with Crippen molar-refractivity contribution in [3.63, 3.8) is 0 Å². The number of carbonyl (C=O) groups is 2. The highest BCUT2D eigenvalue weighted by molar-refractivity contribution is 5.90. The minimum Gasteiger partial charge on any atom is -0.465 e. The molecule has 0 spiro atoms. The summed E-state index contributed by atoms with van der Waals surface area (Å²) in [7, 11) is 1.05. The number of ether oxygens (including phenoxy) is 2. The maximum Gasteiger partial charge on any atom is 0.407 e. The van der Waals surface area contributed by atoms with Crippen LogP contribution in [0.2, 0.25) is 0 Å². The Morgan fingerprint density at radius 1 is 1.11 bits per heavy atom. The van der Waals surface area contributed by atoms with Crippen molar-refractivity contribution in [2.24, 2.45) is 0 Å². The predicted molar refractivity (Wildman–Crippen MR) is 96.0 cm³/mol. The van der Waals surface area contributed by atoms with Gasteiger partial charge in [0.1, 0.15) is 23.8 Å². The molecule has 0 radical (unpaired) electrons. The van der Waals surface area contributed by atoms with Crippen molar-refractivity contribution < 1.29 is 27.8 Å². The first-order chi connectivity index (χ1) is 13.0. The molecule has 0 aromatic heterocycles. The fourth-order valence-electron chi connectivity index (χ4n) is 2.24. The highest BCUT2D eigenvalue weighted by atomic mass is 19.1. The van der Waals surface area contributed by atoms with E-state index < -0.39 is 29.3 Å². The molecule has 7 heteroatoms. The average Bonchev–Trinajstić information content (AvgIpc) is 2.66. The molecule has 142 valence electrons. The number of benzene rings is 2. The van der Waals surface area contributed by atoms with Gasteiger partial charge in [0.15, 0.2) is 0 Å². The van der Waals surface area contributed by atoms with Gasteiger partial charge >= 0.3 is 12.1 Å². The van der Waals surface area contributed by atoms with E-state index in [9.17, 15) is 18.4 Å². The number of esters is 1. The van der Waals surface area contributed by atoms with E-state index in [0.717, 1.165) is 24.8 Å². The number of rotatable bonds is 7. The van der Waals surface area contributed by atoms with Crippen molar-refractivity contribution in [2.75, 3.05) is 13.7 Å². The molecule has 2 rings (SSSR count). The molecular formula is C20H19F2NO4. The van der Waals surface area contributed by atoms with Gasteiger partial charge in [-0.3, -0.25) is 0 Å². The lowest BCUT2D eigenvalue weighted by molar-refractivity contribution is 0.0589. The summed E-state index contributed by atoms with van der Waals surface area (Å²) < 4.78 is 37.0. The molecule has 0 fully saturated rings. The molecule has 2 aromatic rings. The van der Waals surface area contributed by atoms with Crippen molar-refractivity contribution in [3.8, 4) is 0 Å². The molecule has 0 bridgehead atoms. The van der Waals surface area contributed by atoms with Crippen LogP contribution in [0.5, 0.6) is 0 Å². The van der Waals surface area contributed by atoms with Crippen molar-refractivity contribution >= 4 is 18.1 Å². The Morgan fingerprint density at radius 2 is 1.78 bits per heavy atom. The Kier molecular flexibility index (Phi) is 7.49. The largest absolute Gasteiger partial charge is 0.465 e. The molecule has 0 saturated carbocycles. The second kappa shape index (κ2) is 10.1. The molecule has 0 unspecified atom stereocenters. The molecule has 5 nitrogen and oxygen atoms in total. The lowest BCUT2D eigenvalue weighted by Crippen LogP contribution is -2.24. The first-order valence-corrected chi connectivity index (χ1v) is 8.19. The van der Waals surface area contributed by atoms with E-state index in [0.29, 0.717) is 13.0 Å². The number of nitrogens with one attached hydrogen (secondary N) is 1. The van der Waals surface area contributed by atoms with E-state index in [1.165, 1.54) is 6.08 Å². The van der Waals surface area contributed by atoms with Gasteiger partial charge in [-0.05, 0) is 29.7 Å². The third kappa shape index (κ3) is 6.22. The van der Waals surface area contributed by atoms with Crippen molar-refractivity contribution in [1.29, 1.82) is 0 Å². The topological polar surface area (TPSA) is 64.6 Å². The van der Waals surface area contributed by atoms with Gasteiger partial charge < -0.3 is 14.8 Å². The van der Waals surface area contributed by atoms with E-state index in [4.69, 9.17) is 4.74 Å². The van der Waals surface area contributed by atoms with Gasteiger partial charge in [0.05, 0.1) is 7.11 Å². The second-order valence-corrected chi connectivity index (χ2v) is 5.53. The minimum atomic E-state index is -1.07. The van der Waals surface area contributed by atoms with Gasteiger partial charge in [0, 0.05) is 6.54 Å².